The summed E-state index contributed by atoms with van der Waals surface area (Å²) in [5, 5.41) is 4.60. The number of para-hydroxylation sites is 1. The van der Waals surface area contributed by atoms with E-state index in [2.05, 4.69) is 5.10 Å². The summed E-state index contributed by atoms with van der Waals surface area (Å²) >= 11 is 0. The van der Waals surface area contributed by atoms with Crippen LogP contribution in [0.15, 0.2) is 36.4 Å². The highest BCUT2D eigenvalue weighted by Crippen LogP contribution is 2.39. The molecule has 1 aromatic heterocycles. The van der Waals surface area contributed by atoms with E-state index < -0.39 is 5.97 Å². The van der Waals surface area contributed by atoms with Gasteiger partial charge in [-0.05, 0) is 44.9 Å². The maximum atomic E-state index is 12.7. The summed E-state index contributed by atoms with van der Waals surface area (Å²) in [6, 6.07) is 11.3. The second-order valence-corrected chi connectivity index (χ2v) is 7.61. The minimum Gasteiger partial charge on any atom is -0.451 e. The zero-order chi connectivity index (χ0) is 19.7. The van der Waals surface area contributed by atoms with Crippen LogP contribution < -0.4 is 0 Å². The Morgan fingerprint density at radius 2 is 1.82 bits per heavy atom. The van der Waals surface area contributed by atoms with Crippen molar-refractivity contribution >= 4 is 11.9 Å². The van der Waals surface area contributed by atoms with Crippen LogP contribution in [0.5, 0.6) is 0 Å². The van der Waals surface area contributed by atoms with Crippen LogP contribution in [0.3, 0.4) is 0 Å². The fraction of sp³-hybridized carbons (Fsp3) is 0.476. The minimum atomic E-state index is -0.536. The Morgan fingerprint density at radius 1 is 1.14 bits per heavy atom. The molecule has 148 valence electrons. The summed E-state index contributed by atoms with van der Waals surface area (Å²) in [7, 11) is 0. The van der Waals surface area contributed by atoms with Crippen LogP contribution in [0.25, 0.3) is 5.69 Å². The van der Waals surface area contributed by atoms with Crippen LogP contribution in [0.4, 0.5) is 0 Å². The largest absolute Gasteiger partial charge is 0.451 e. The van der Waals surface area contributed by atoms with Crippen LogP contribution in [0.2, 0.25) is 0 Å². The number of carbonyl (C=O) groups excluding carboxylic acids is 2. The van der Waals surface area contributed by atoms with Gasteiger partial charge in [-0.1, -0.05) is 18.2 Å². The molecule has 1 amide bonds. The Bertz CT molecular complexity index is 850. The van der Waals surface area contributed by atoms with Crippen molar-refractivity contribution in [2.45, 2.75) is 44.8 Å². The second-order valence-electron chi connectivity index (χ2n) is 7.61. The van der Waals surface area contributed by atoms with Gasteiger partial charge in [0.2, 0.25) is 0 Å². The van der Waals surface area contributed by atoms with Crippen molar-refractivity contribution < 1.29 is 19.1 Å². The molecule has 7 heteroatoms. The van der Waals surface area contributed by atoms with Gasteiger partial charge >= 0.3 is 5.97 Å². The lowest BCUT2D eigenvalue weighted by Gasteiger charge is -2.35. The van der Waals surface area contributed by atoms with E-state index in [-0.39, 0.29) is 24.7 Å². The lowest BCUT2D eigenvalue weighted by atomic mass is 10.2. The molecule has 2 heterocycles. The number of morpholine rings is 1. The Hall–Kier alpha value is -2.67. The molecule has 2 aliphatic rings. The van der Waals surface area contributed by atoms with E-state index in [1.54, 1.807) is 15.6 Å². The van der Waals surface area contributed by atoms with E-state index in [0.717, 1.165) is 24.2 Å². The van der Waals surface area contributed by atoms with Crippen LogP contribution in [0.1, 0.15) is 48.8 Å². The molecule has 0 bridgehead atoms. The molecular weight excluding hydrogens is 358 g/mol. The third-order valence-corrected chi connectivity index (χ3v) is 5.03. The number of amides is 1. The van der Waals surface area contributed by atoms with Gasteiger partial charge < -0.3 is 14.4 Å². The Balaban J connectivity index is 1.46. The third-order valence-electron chi connectivity index (χ3n) is 5.03. The molecule has 1 aliphatic heterocycles. The SMILES string of the molecule is C[C@@H]1CN(C(=O)COC(=O)c2cc(C3CC3)nn2-c2ccccc2)C[C@H](C)O1. The highest BCUT2D eigenvalue weighted by molar-refractivity contribution is 5.90. The van der Waals surface area contributed by atoms with E-state index in [0.29, 0.717) is 24.7 Å². The van der Waals surface area contributed by atoms with E-state index in [4.69, 9.17) is 9.47 Å². The van der Waals surface area contributed by atoms with E-state index in [1.807, 2.05) is 44.2 Å². The number of esters is 1. The molecule has 0 unspecified atom stereocenters. The highest BCUT2D eigenvalue weighted by Gasteiger charge is 2.30. The molecular formula is C21H25N3O4. The topological polar surface area (TPSA) is 73.7 Å². The van der Waals surface area contributed by atoms with Crippen molar-refractivity contribution in [2.75, 3.05) is 19.7 Å². The van der Waals surface area contributed by atoms with E-state index in [9.17, 15) is 9.59 Å². The molecule has 4 rings (SSSR count). The summed E-state index contributed by atoms with van der Waals surface area (Å²) in [6.07, 6.45) is 2.13. The standard InChI is InChI=1S/C21H25N3O4/c1-14-11-23(12-15(2)28-14)20(25)13-27-21(26)19-10-18(16-8-9-16)22-24(19)17-6-4-3-5-7-17/h3-7,10,14-16H,8-9,11-13H2,1-2H3/t14-,15+. The number of nitrogens with zero attached hydrogens (tertiary/aromatic N) is 3. The zero-order valence-electron chi connectivity index (χ0n) is 16.2. The summed E-state index contributed by atoms with van der Waals surface area (Å²) in [5.41, 5.74) is 2.05. The van der Waals surface area contributed by atoms with Gasteiger partial charge in [-0.15, -0.1) is 0 Å². The summed E-state index contributed by atoms with van der Waals surface area (Å²) in [6.45, 7) is 4.60. The first-order chi connectivity index (χ1) is 13.5. The molecule has 2 atom stereocenters. The van der Waals surface area contributed by atoms with Crippen molar-refractivity contribution in [2.24, 2.45) is 0 Å². The van der Waals surface area contributed by atoms with Gasteiger partial charge in [-0.3, -0.25) is 4.79 Å². The van der Waals surface area contributed by atoms with Gasteiger partial charge in [0, 0.05) is 19.0 Å². The Morgan fingerprint density at radius 3 is 2.46 bits per heavy atom. The Kier molecular flexibility index (Phi) is 5.17. The number of hydrogen-bond acceptors (Lipinski definition) is 5. The fourth-order valence-corrected chi connectivity index (χ4v) is 3.56. The van der Waals surface area contributed by atoms with Gasteiger partial charge in [-0.25, -0.2) is 9.48 Å². The molecule has 0 radical (unpaired) electrons. The second kappa shape index (κ2) is 7.75. The van der Waals surface area contributed by atoms with Gasteiger partial charge in [0.1, 0.15) is 0 Å². The smallest absolute Gasteiger partial charge is 0.357 e. The summed E-state index contributed by atoms with van der Waals surface area (Å²) < 4.78 is 12.6. The summed E-state index contributed by atoms with van der Waals surface area (Å²) in [4.78, 5) is 26.9. The van der Waals surface area contributed by atoms with Crippen molar-refractivity contribution in [3.8, 4) is 5.69 Å². The number of carbonyl (C=O) groups is 2. The predicted octanol–water partition coefficient (Wildman–Crippen LogP) is 2.54. The van der Waals surface area contributed by atoms with Gasteiger partial charge in [0.25, 0.3) is 5.91 Å². The number of benzene rings is 1. The Labute approximate surface area is 164 Å². The molecule has 0 spiro atoms. The predicted molar refractivity (Wildman–Crippen MR) is 102 cm³/mol. The van der Waals surface area contributed by atoms with Gasteiger partial charge in [-0.2, -0.15) is 5.10 Å². The van der Waals surface area contributed by atoms with Crippen molar-refractivity contribution in [1.82, 2.24) is 14.7 Å². The van der Waals surface area contributed by atoms with Crippen molar-refractivity contribution in [3.05, 3.63) is 47.8 Å². The van der Waals surface area contributed by atoms with Crippen LogP contribution in [-0.4, -0.2) is 58.5 Å². The lowest BCUT2D eigenvalue weighted by molar-refractivity contribution is -0.146. The molecule has 2 fully saturated rings. The number of hydrogen-bond donors (Lipinski definition) is 0. The maximum Gasteiger partial charge on any atom is 0.357 e. The van der Waals surface area contributed by atoms with E-state index >= 15 is 0 Å². The average molecular weight is 383 g/mol. The first kappa shape index (κ1) is 18.7. The number of aromatic nitrogens is 2. The molecule has 7 nitrogen and oxygen atoms in total. The van der Waals surface area contributed by atoms with E-state index in [1.165, 1.54) is 0 Å². The first-order valence-corrected chi connectivity index (χ1v) is 9.77. The lowest BCUT2D eigenvalue weighted by Crippen LogP contribution is -2.49. The molecule has 0 N–H and O–H groups in total. The summed E-state index contributed by atoms with van der Waals surface area (Å²) in [5.74, 6) is -0.330. The van der Waals surface area contributed by atoms with Crippen LogP contribution in [-0.2, 0) is 14.3 Å². The number of rotatable bonds is 5. The maximum absolute atomic E-state index is 12.7. The minimum absolute atomic E-state index is 0.0241. The average Bonchev–Trinajstić information content (AvgIpc) is 3.44. The van der Waals surface area contributed by atoms with Crippen molar-refractivity contribution in [3.63, 3.8) is 0 Å². The molecule has 1 saturated carbocycles. The quantitative estimate of drug-likeness (QED) is 0.742. The van der Waals surface area contributed by atoms with Crippen molar-refractivity contribution in [1.29, 1.82) is 0 Å². The molecule has 28 heavy (non-hydrogen) atoms. The normalized spacial score (nSPS) is 22.1. The van der Waals surface area contributed by atoms with Crippen LogP contribution >= 0.6 is 0 Å². The molecule has 1 aromatic carbocycles. The van der Waals surface area contributed by atoms with Gasteiger partial charge in [0.15, 0.2) is 12.3 Å². The molecule has 1 aliphatic carbocycles. The highest BCUT2D eigenvalue weighted by atomic mass is 16.5. The first-order valence-electron chi connectivity index (χ1n) is 9.77. The monoisotopic (exact) mass is 383 g/mol. The molecule has 2 aromatic rings. The zero-order valence-corrected chi connectivity index (χ0v) is 16.2. The fourth-order valence-electron chi connectivity index (χ4n) is 3.56. The number of ether oxygens (including phenoxy) is 2. The van der Waals surface area contributed by atoms with Gasteiger partial charge in [0.05, 0.1) is 23.6 Å². The molecule has 1 saturated heterocycles. The van der Waals surface area contributed by atoms with Crippen LogP contribution in [0, 0.1) is 0 Å². The third kappa shape index (κ3) is 4.09.